The van der Waals surface area contributed by atoms with Crippen LogP contribution in [0.4, 0.5) is 0 Å². The van der Waals surface area contributed by atoms with Crippen molar-refractivity contribution in [3.05, 3.63) is 65.2 Å². The summed E-state index contributed by atoms with van der Waals surface area (Å²) in [4.78, 5) is 3.96. The van der Waals surface area contributed by atoms with Crippen molar-refractivity contribution in [1.82, 2.24) is 10.2 Å². The maximum atomic E-state index is 5.61. The van der Waals surface area contributed by atoms with Crippen LogP contribution in [0.5, 0.6) is 5.75 Å². The fourth-order valence-corrected chi connectivity index (χ4v) is 4.20. The van der Waals surface area contributed by atoms with Crippen LogP contribution in [-0.2, 0) is 19.4 Å². The van der Waals surface area contributed by atoms with Crippen molar-refractivity contribution < 1.29 is 9.64 Å². The van der Waals surface area contributed by atoms with Crippen LogP contribution in [0.15, 0.2) is 48.5 Å². The van der Waals surface area contributed by atoms with E-state index in [1.807, 2.05) is 0 Å². The van der Waals surface area contributed by atoms with Crippen molar-refractivity contribution in [3.63, 3.8) is 0 Å². The maximum Gasteiger partial charge on any atom is 0.169 e. The van der Waals surface area contributed by atoms with E-state index in [-0.39, 0.29) is 0 Å². The van der Waals surface area contributed by atoms with Gasteiger partial charge in [0.1, 0.15) is 12.3 Å². The van der Waals surface area contributed by atoms with Crippen LogP contribution >= 0.6 is 12.2 Å². The monoisotopic (exact) mass is 382 g/mol. The lowest BCUT2D eigenvalue weighted by atomic mass is 10.1. The molecule has 2 aromatic carbocycles. The van der Waals surface area contributed by atoms with E-state index in [4.69, 9.17) is 17.0 Å². The van der Waals surface area contributed by atoms with Gasteiger partial charge in [-0.2, -0.15) is 0 Å². The molecule has 2 aliphatic heterocycles. The van der Waals surface area contributed by atoms with Crippen molar-refractivity contribution in [2.24, 2.45) is 0 Å². The first-order valence-electron chi connectivity index (χ1n) is 9.93. The van der Waals surface area contributed by atoms with E-state index in [9.17, 15) is 0 Å². The van der Waals surface area contributed by atoms with Crippen LogP contribution in [0.25, 0.3) is 0 Å². The summed E-state index contributed by atoms with van der Waals surface area (Å²) in [6, 6.07) is 17.2. The number of benzene rings is 2. The summed E-state index contributed by atoms with van der Waals surface area (Å²) in [7, 11) is 0. The average Bonchev–Trinajstić information content (AvgIpc) is 3.17. The summed E-state index contributed by atoms with van der Waals surface area (Å²) in [5, 5.41) is 4.33. The number of quaternary nitrogens is 1. The fourth-order valence-electron chi connectivity index (χ4n) is 3.91. The quantitative estimate of drug-likeness (QED) is 0.766. The van der Waals surface area contributed by atoms with Crippen LogP contribution in [-0.4, -0.2) is 49.3 Å². The highest BCUT2D eigenvalue weighted by Crippen LogP contribution is 2.25. The van der Waals surface area contributed by atoms with Gasteiger partial charge in [-0.1, -0.05) is 30.3 Å². The summed E-state index contributed by atoms with van der Waals surface area (Å²) in [6.45, 7) is 7.14. The lowest BCUT2D eigenvalue weighted by Crippen LogP contribution is -3.13. The predicted molar refractivity (Wildman–Crippen MR) is 112 cm³/mol. The van der Waals surface area contributed by atoms with Crippen molar-refractivity contribution in [3.8, 4) is 5.75 Å². The van der Waals surface area contributed by atoms with Crippen LogP contribution in [0.2, 0.25) is 0 Å². The van der Waals surface area contributed by atoms with Crippen molar-refractivity contribution in [2.75, 3.05) is 39.3 Å². The Morgan fingerprint density at radius 3 is 2.70 bits per heavy atom. The molecule has 0 amide bonds. The maximum absolute atomic E-state index is 5.61. The normalized spacial score (nSPS) is 16.7. The number of hydrogen-bond donors (Lipinski definition) is 2. The topological polar surface area (TPSA) is 28.9 Å². The molecular weight excluding hydrogens is 354 g/mol. The SMILES string of the molecule is S=C(NCCc1ccccc1)N1CC[NH+](Cc2ccc3c(c2)CCO3)CC1. The summed E-state index contributed by atoms with van der Waals surface area (Å²) < 4.78 is 5.61. The molecule has 2 aromatic rings. The number of ether oxygens (including phenoxy) is 1. The molecule has 1 saturated heterocycles. The number of nitrogens with one attached hydrogen (secondary N) is 2. The first-order valence-corrected chi connectivity index (χ1v) is 10.3. The summed E-state index contributed by atoms with van der Waals surface area (Å²) in [5.41, 5.74) is 4.14. The minimum absolute atomic E-state index is 0.832. The lowest BCUT2D eigenvalue weighted by Gasteiger charge is -2.34. The molecular formula is C22H28N3OS+. The molecule has 142 valence electrons. The average molecular weight is 383 g/mol. The van der Waals surface area contributed by atoms with Gasteiger partial charge in [-0.05, 0) is 48.0 Å². The van der Waals surface area contributed by atoms with Crippen molar-refractivity contribution >= 4 is 17.3 Å². The Morgan fingerprint density at radius 2 is 1.89 bits per heavy atom. The Bertz CT molecular complexity index is 772. The molecule has 2 N–H and O–H groups in total. The summed E-state index contributed by atoms with van der Waals surface area (Å²) in [6.07, 6.45) is 2.06. The van der Waals surface area contributed by atoms with Crippen molar-refractivity contribution in [1.29, 1.82) is 0 Å². The second-order valence-electron chi connectivity index (χ2n) is 7.42. The van der Waals surface area contributed by atoms with E-state index in [0.717, 1.165) is 69.6 Å². The third-order valence-corrected chi connectivity index (χ3v) is 5.90. The first-order chi connectivity index (χ1) is 13.3. The van der Waals surface area contributed by atoms with Crippen molar-refractivity contribution in [2.45, 2.75) is 19.4 Å². The van der Waals surface area contributed by atoms with Gasteiger partial charge in [0, 0.05) is 18.5 Å². The first kappa shape index (κ1) is 18.3. The van der Waals surface area contributed by atoms with Gasteiger partial charge >= 0.3 is 0 Å². The van der Waals surface area contributed by atoms with E-state index in [1.54, 1.807) is 4.90 Å². The third kappa shape index (κ3) is 4.79. The van der Waals surface area contributed by atoms with Crippen LogP contribution < -0.4 is 15.0 Å². The number of fused-ring (bicyclic) bond motifs is 1. The molecule has 0 unspecified atom stereocenters. The second kappa shape index (κ2) is 8.72. The van der Waals surface area contributed by atoms with Gasteiger partial charge in [-0.25, -0.2) is 0 Å². The van der Waals surface area contributed by atoms with Gasteiger partial charge in [0.05, 0.1) is 32.8 Å². The third-order valence-electron chi connectivity index (χ3n) is 5.50. The predicted octanol–water partition coefficient (Wildman–Crippen LogP) is 1.44. The number of hydrogen-bond acceptors (Lipinski definition) is 2. The molecule has 4 nitrogen and oxygen atoms in total. The van der Waals surface area contributed by atoms with Gasteiger partial charge in [0.25, 0.3) is 0 Å². The van der Waals surface area contributed by atoms with Gasteiger partial charge in [0.2, 0.25) is 0 Å². The Morgan fingerprint density at radius 1 is 1.07 bits per heavy atom. The number of nitrogens with zero attached hydrogens (tertiary/aromatic N) is 1. The highest BCUT2D eigenvalue weighted by atomic mass is 32.1. The molecule has 0 atom stereocenters. The molecule has 5 heteroatoms. The molecule has 2 heterocycles. The van der Waals surface area contributed by atoms with Gasteiger partial charge < -0.3 is 19.9 Å². The van der Waals surface area contributed by atoms with Gasteiger partial charge in [-0.15, -0.1) is 0 Å². The number of piperazine rings is 1. The zero-order valence-corrected chi connectivity index (χ0v) is 16.6. The summed E-state index contributed by atoms with van der Waals surface area (Å²) in [5.74, 6) is 1.07. The standard InChI is InChI=1S/C22H27N3OS/c27-22(23-10-8-18-4-2-1-3-5-18)25-13-11-24(12-14-25)17-19-6-7-21-20(16-19)9-15-26-21/h1-7,16H,8-15,17H2,(H,23,27)/p+1. The van der Waals surface area contributed by atoms with Gasteiger partial charge in [-0.3, -0.25) is 0 Å². The molecule has 27 heavy (non-hydrogen) atoms. The van der Waals surface area contributed by atoms with Crippen LogP contribution in [0.1, 0.15) is 16.7 Å². The van der Waals surface area contributed by atoms with E-state index in [0.29, 0.717) is 0 Å². The molecule has 1 fully saturated rings. The summed E-state index contributed by atoms with van der Waals surface area (Å²) >= 11 is 5.60. The van der Waals surface area contributed by atoms with E-state index in [1.165, 1.54) is 16.7 Å². The second-order valence-corrected chi connectivity index (χ2v) is 7.81. The molecule has 0 saturated carbocycles. The Labute approximate surface area is 167 Å². The smallest absolute Gasteiger partial charge is 0.169 e. The highest BCUT2D eigenvalue weighted by molar-refractivity contribution is 7.80. The van der Waals surface area contributed by atoms with Crippen LogP contribution in [0, 0.1) is 0 Å². The number of thiocarbonyl (C=S) groups is 1. The fraction of sp³-hybridized carbons (Fsp3) is 0.409. The largest absolute Gasteiger partial charge is 0.493 e. The molecule has 0 aromatic heterocycles. The molecule has 0 aliphatic carbocycles. The Hall–Kier alpha value is -2.11. The highest BCUT2D eigenvalue weighted by Gasteiger charge is 2.22. The Balaban J connectivity index is 1.20. The van der Waals surface area contributed by atoms with Crippen LogP contribution in [0.3, 0.4) is 0 Å². The molecule has 4 rings (SSSR count). The zero-order valence-electron chi connectivity index (χ0n) is 15.7. The molecule has 0 spiro atoms. The Kier molecular flexibility index (Phi) is 5.90. The number of rotatable bonds is 5. The zero-order chi connectivity index (χ0) is 18.5. The minimum Gasteiger partial charge on any atom is -0.493 e. The molecule has 0 radical (unpaired) electrons. The van der Waals surface area contributed by atoms with E-state index >= 15 is 0 Å². The van der Waals surface area contributed by atoms with E-state index in [2.05, 4.69) is 58.7 Å². The minimum atomic E-state index is 0.832. The lowest BCUT2D eigenvalue weighted by molar-refractivity contribution is -0.917. The molecule has 0 bridgehead atoms. The molecule has 2 aliphatic rings. The van der Waals surface area contributed by atoms with E-state index < -0.39 is 0 Å². The van der Waals surface area contributed by atoms with Gasteiger partial charge in [0.15, 0.2) is 5.11 Å².